The van der Waals surface area contributed by atoms with Gasteiger partial charge in [-0.3, -0.25) is 0 Å². The number of halogens is 2. The van der Waals surface area contributed by atoms with Crippen LogP contribution in [0.2, 0.25) is 0 Å². The van der Waals surface area contributed by atoms with Gasteiger partial charge < -0.3 is 14.8 Å². The van der Waals surface area contributed by atoms with Gasteiger partial charge in [-0.2, -0.15) is 0 Å². The molecule has 1 atom stereocenters. The summed E-state index contributed by atoms with van der Waals surface area (Å²) in [6, 6.07) is 2.12. The summed E-state index contributed by atoms with van der Waals surface area (Å²) in [6.07, 6.45) is 0.150. The SMILES string of the molecule is CC1(C)OCC(CNCc2cc(Br)c(Br)s2)O1. The number of nitrogens with one attached hydrogen (secondary N) is 1. The summed E-state index contributed by atoms with van der Waals surface area (Å²) in [4.78, 5) is 1.29. The van der Waals surface area contributed by atoms with Crippen LogP contribution in [-0.4, -0.2) is 25.0 Å². The van der Waals surface area contributed by atoms with E-state index in [1.54, 1.807) is 11.3 Å². The van der Waals surface area contributed by atoms with Gasteiger partial charge in [0.25, 0.3) is 0 Å². The number of ether oxygens (including phenoxy) is 2. The highest BCUT2D eigenvalue weighted by atomic mass is 79.9. The van der Waals surface area contributed by atoms with Gasteiger partial charge in [0.15, 0.2) is 5.79 Å². The summed E-state index contributed by atoms with van der Waals surface area (Å²) in [6.45, 7) is 6.23. The Morgan fingerprint density at radius 3 is 2.82 bits per heavy atom. The molecule has 1 unspecified atom stereocenters. The maximum absolute atomic E-state index is 5.72. The number of thiophene rings is 1. The lowest BCUT2D eigenvalue weighted by Gasteiger charge is -2.17. The molecule has 0 aliphatic carbocycles. The Balaban J connectivity index is 1.73. The van der Waals surface area contributed by atoms with E-state index in [9.17, 15) is 0 Å². The van der Waals surface area contributed by atoms with Gasteiger partial charge in [0.2, 0.25) is 0 Å². The van der Waals surface area contributed by atoms with Crippen molar-refractivity contribution in [2.24, 2.45) is 0 Å². The molecule has 2 heterocycles. The van der Waals surface area contributed by atoms with Gasteiger partial charge in [-0.1, -0.05) is 0 Å². The number of hydrogen-bond donors (Lipinski definition) is 1. The van der Waals surface area contributed by atoms with Crippen LogP contribution in [0, 0.1) is 0 Å². The molecule has 1 aromatic heterocycles. The third kappa shape index (κ3) is 4.01. The molecule has 0 amide bonds. The lowest BCUT2D eigenvalue weighted by Crippen LogP contribution is -2.30. The summed E-state index contributed by atoms with van der Waals surface area (Å²) in [7, 11) is 0. The molecule has 2 rings (SSSR count). The van der Waals surface area contributed by atoms with Crippen LogP contribution in [0.3, 0.4) is 0 Å². The minimum Gasteiger partial charge on any atom is -0.348 e. The van der Waals surface area contributed by atoms with E-state index in [1.807, 2.05) is 13.8 Å². The first-order valence-electron chi connectivity index (χ1n) is 5.42. The normalized spacial score (nSPS) is 23.2. The fourth-order valence-electron chi connectivity index (χ4n) is 1.70. The van der Waals surface area contributed by atoms with Crippen molar-refractivity contribution in [3.8, 4) is 0 Å². The van der Waals surface area contributed by atoms with Crippen molar-refractivity contribution in [2.45, 2.75) is 32.3 Å². The Hall–Kier alpha value is 0.540. The van der Waals surface area contributed by atoms with Crippen LogP contribution in [0.25, 0.3) is 0 Å². The van der Waals surface area contributed by atoms with Crippen molar-refractivity contribution in [1.82, 2.24) is 5.32 Å². The highest BCUT2D eigenvalue weighted by Crippen LogP contribution is 2.32. The zero-order valence-corrected chi connectivity index (χ0v) is 13.7. The molecule has 0 radical (unpaired) electrons. The average molecular weight is 385 g/mol. The fourth-order valence-corrected chi connectivity index (χ4v) is 3.84. The van der Waals surface area contributed by atoms with E-state index in [1.165, 1.54) is 4.88 Å². The zero-order valence-electron chi connectivity index (χ0n) is 9.76. The lowest BCUT2D eigenvalue weighted by molar-refractivity contribution is -0.137. The second-order valence-electron chi connectivity index (χ2n) is 4.42. The molecule has 6 heteroatoms. The van der Waals surface area contributed by atoms with Crippen LogP contribution in [0.4, 0.5) is 0 Å². The molecule has 1 aliphatic heterocycles. The van der Waals surface area contributed by atoms with Crippen LogP contribution < -0.4 is 5.32 Å². The standard InChI is InChI=1S/C11H15Br2NO2S/c1-11(2)15-6-7(16-11)4-14-5-8-3-9(12)10(13)17-8/h3,7,14H,4-6H2,1-2H3. The highest BCUT2D eigenvalue weighted by Gasteiger charge is 2.32. The molecular formula is C11H15Br2NO2S. The van der Waals surface area contributed by atoms with Gasteiger partial charge >= 0.3 is 0 Å². The predicted octanol–water partition coefficient (Wildman–Crippen LogP) is 3.51. The van der Waals surface area contributed by atoms with E-state index in [-0.39, 0.29) is 6.10 Å². The largest absolute Gasteiger partial charge is 0.348 e. The third-order valence-electron chi connectivity index (χ3n) is 2.43. The van der Waals surface area contributed by atoms with Crippen LogP contribution in [0.5, 0.6) is 0 Å². The maximum Gasteiger partial charge on any atom is 0.163 e. The average Bonchev–Trinajstić information content (AvgIpc) is 2.72. The van der Waals surface area contributed by atoms with Gasteiger partial charge in [-0.05, 0) is 51.8 Å². The molecule has 96 valence electrons. The second-order valence-corrected chi connectivity index (χ2v) is 7.72. The molecule has 0 aromatic carbocycles. The minimum absolute atomic E-state index is 0.150. The van der Waals surface area contributed by atoms with Gasteiger partial charge in [-0.15, -0.1) is 11.3 Å². The van der Waals surface area contributed by atoms with Gasteiger partial charge in [0.05, 0.1) is 16.5 Å². The third-order valence-corrected chi connectivity index (χ3v) is 5.69. The number of rotatable bonds is 4. The van der Waals surface area contributed by atoms with E-state index >= 15 is 0 Å². The summed E-state index contributed by atoms with van der Waals surface area (Å²) in [5.41, 5.74) is 0. The molecule has 1 fully saturated rings. The molecule has 1 N–H and O–H groups in total. The fraction of sp³-hybridized carbons (Fsp3) is 0.636. The number of hydrogen-bond acceptors (Lipinski definition) is 4. The maximum atomic E-state index is 5.72. The zero-order chi connectivity index (χ0) is 12.5. The van der Waals surface area contributed by atoms with E-state index in [2.05, 4.69) is 43.2 Å². The van der Waals surface area contributed by atoms with Crippen LogP contribution in [0.15, 0.2) is 14.3 Å². The first kappa shape index (κ1) is 14.0. The second kappa shape index (κ2) is 5.67. The Bertz CT molecular complexity index is 375. The quantitative estimate of drug-likeness (QED) is 0.861. The first-order chi connectivity index (χ1) is 7.96. The predicted molar refractivity (Wildman–Crippen MR) is 76.3 cm³/mol. The molecule has 1 saturated heterocycles. The lowest BCUT2D eigenvalue weighted by atomic mass is 10.3. The Morgan fingerprint density at radius 1 is 1.53 bits per heavy atom. The van der Waals surface area contributed by atoms with Crippen LogP contribution in [0.1, 0.15) is 18.7 Å². The molecule has 1 aliphatic rings. The van der Waals surface area contributed by atoms with Crippen molar-refractivity contribution < 1.29 is 9.47 Å². The summed E-state index contributed by atoms with van der Waals surface area (Å²) in [5, 5.41) is 3.39. The molecule has 0 spiro atoms. The van der Waals surface area contributed by atoms with Crippen LogP contribution >= 0.6 is 43.2 Å². The molecule has 0 saturated carbocycles. The summed E-state index contributed by atoms with van der Waals surface area (Å²) in [5.74, 6) is -0.429. The van der Waals surface area contributed by atoms with Crippen LogP contribution in [-0.2, 0) is 16.0 Å². The van der Waals surface area contributed by atoms with Gasteiger partial charge in [-0.25, -0.2) is 0 Å². The van der Waals surface area contributed by atoms with E-state index in [0.717, 1.165) is 21.3 Å². The van der Waals surface area contributed by atoms with Crippen molar-refractivity contribution in [1.29, 1.82) is 0 Å². The molecular weight excluding hydrogens is 370 g/mol. The monoisotopic (exact) mass is 383 g/mol. The molecule has 0 bridgehead atoms. The Morgan fingerprint density at radius 2 is 2.29 bits per heavy atom. The van der Waals surface area contributed by atoms with Crippen molar-refractivity contribution in [3.05, 3.63) is 19.2 Å². The van der Waals surface area contributed by atoms with Gasteiger partial charge in [0.1, 0.15) is 0 Å². The van der Waals surface area contributed by atoms with Crippen molar-refractivity contribution in [2.75, 3.05) is 13.2 Å². The van der Waals surface area contributed by atoms with E-state index in [4.69, 9.17) is 9.47 Å². The Labute approximate surface area is 122 Å². The highest BCUT2D eigenvalue weighted by molar-refractivity contribution is 9.13. The van der Waals surface area contributed by atoms with E-state index in [0.29, 0.717) is 6.61 Å². The Kier molecular flexibility index (Phi) is 4.66. The molecule has 17 heavy (non-hydrogen) atoms. The summed E-state index contributed by atoms with van der Waals surface area (Å²) >= 11 is 8.70. The topological polar surface area (TPSA) is 30.5 Å². The smallest absolute Gasteiger partial charge is 0.163 e. The first-order valence-corrected chi connectivity index (χ1v) is 7.83. The molecule has 3 nitrogen and oxygen atoms in total. The van der Waals surface area contributed by atoms with Crippen molar-refractivity contribution >= 4 is 43.2 Å². The minimum atomic E-state index is -0.429. The summed E-state index contributed by atoms with van der Waals surface area (Å²) < 4.78 is 13.5. The van der Waals surface area contributed by atoms with Crippen molar-refractivity contribution in [3.63, 3.8) is 0 Å². The van der Waals surface area contributed by atoms with Gasteiger partial charge in [0, 0.05) is 22.4 Å². The molecule has 1 aromatic rings. The van der Waals surface area contributed by atoms with E-state index < -0.39 is 5.79 Å².